The fraction of sp³-hybridized carbons (Fsp3) is 0.429. The first kappa shape index (κ1) is 13.6. The molecule has 0 N–H and O–H groups in total. The molecule has 2 heterocycles. The third-order valence-corrected chi connectivity index (χ3v) is 6.41. The van der Waals surface area contributed by atoms with E-state index in [4.69, 9.17) is 14.2 Å². The van der Waals surface area contributed by atoms with Crippen LogP contribution >= 0.6 is 0 Å². The fourth-order valence-corrected chi connectivity index (χ4v) is 4.56. The number of ether oxygens (including phenoxy) is 3. The lowest BCUT2D eigenvalue weighted by molar-refractivity contribution is -0.0427. The molecule has 0 amide bonds. The highest BCUT2D eigenvalue weighted by molar-refractivity contribution is 7.93. The molecule has 108 valence electrons. The molecular weight excluding hydrogens is 280 g/mol. The van der Waals surface area contributed by atoms with Gasteiger partial charge >= 0.3 is 0 Å². The van der Waals surface area contributed by atoms with Crippen LogP contribution in [0.2, 0.25) is 0 Å². The maximum Gasteiger partial charge on any atom is 0.193 e. The lowest BCUT2D eigenvalue weighted by Gasteiger charge is -2.37. The van der Waals surface area contributed by atoms with Gasteiger partial charge in [0, 0.05) is 6.08 Å². The fourth-order valence-electron chi connectivity index (χ4n) is 2.67. The molecule has 3 rings (SSSR count). The minimum Gasteiger partial charge on any atom is -0.499 e. The summed E-state index contributed by atoms with van der Waals surface area (Å²) in [5.41, 5.74) is 0. The van der Waals surface area contributed by atoms with Crippen molar-refractivity contribution in [2.45, 2.75) is 29.0 Å². The van der Waals surface area contributed by atoms with Gasteiger partial charge in [-0.25, -0.2) is 8.42 Å². The summed E-state index contributed by atoms with van der Waals surface area (Å²) in [4.78, 5) is 0.249. The van der Waals surface area contributed by atoms with Crippen molar-refractivity contribution in [1.29, 1.82) is 0 Å². The Bertz CT molecular complexity index is 637. The van der Waals surface area contributed by atoms with Crippen molar-refractivity contribution in [3.05, 3.63) is 42.2 Å². The summed E-state index contributed by atoms with van der Waals surface area (Å²) in [6.07, 6.45) is 0.496. The standard InChI is InChI=1S/C14H16O5S/c1-14(20(15,16)10-6-4-3-5-7-10)11(17-2)8-13-18-9-12(14)19-13/h3-8,12-13H,9H2,1-2H3/t12-,13-,14+/m1/s1. The molecule has 1 aromatic carbocycles. The highest BCUT2D eigenvalue weighted by atomic mass is 32.2. The first-order chi connectivity index (χ1) is 9.50. The summed E-state index contributed by atoms with van der Waals surface area (Å²) < 4.78 is 41.0. The summed E-state index contributed by atoms with van der Waals surface area (Å²) in [5.74, 6) is 0.375. The largest absolute Gasteiger partial charge is 0.499 e. The van der Waals surface area contributed by atoms with E-state index in [0.29, 0.717) is 5.76 Å². The van der Waals surface area contributed by atoms with E-state index in [1.54, 1.807) is 43.3 Å². The van der Waals surface area contributed by atoms with Gasteiger partial charge in [-0.15, -0.1) is 0 Å². The van der Waals surface area contributed by atoms with Crippen LogP contribution in [0.3, 0.4) is 0 Å². The highest BCUT2D eigenvalue weighted by Gasteiger charge is 2.57. The smallest absolute Gasteiger partial charge is 0.193 e. The third kappa shape index (κ3) is 1.72. The molecule has 2 bridgehead atoms. The maximum absolute atomic E-state index is 13.0. The lowest BCUT2D eigenvalue weighted by Crippen LogP contribution is -2.51. The second kappa shape index (κ2) is 4.58. The minimum atomic E-state index is -3.66. The number of methoxy groups -OCH3 is 1. The Morgan fingerprint density at radius 1 is 1.30 bits per heavy atom. The second-order valence-electron chi connectivity index (χ2n) is 4.99. The molecule has 0 unspecified atom stereocenters. The Hall–Kier alpha value is -1.37. The van der Waals surface area contributed by atoms with E-state index in [-0.39, 0.29) is 11.5 Å². The Morgan fingerprint density at radius 2 is 2.00 bits per heavy atom. The van der Waals surface area contributed by atoms with E-state index < -0.39 is 27.0 Å². The summed E-state index contributed by atoms with van der Waals surface area (Å²) in [6.45, 7) is 1.86. The van der Waals surface area contributed by atoms with Gasteiger partial charge < -0.3 is 14.2 Å². The van der Waals surface area contributed by atoms with Crippen LogP contribution in [0, 0.1) is 0 Å². The third-order valence-electron chi connectivity index (χ3n) is 3.93. The van der Waals surface area contributed by atoms with E-state index in [9.17, 15) is 8.42 Å². The minimum absolute atomic E-state index is 0.233. The van der Waals surface area contributed by atoms with E-state index in [1.807, 2.05) is 0 Å². The topological polar surface area (TPSA) is 61.8 Å². The van der Waals surface area contributed by atoms with Gasteiger partial charge in [0.25, 0.3) is 0 Å². The number of sulfone groups is 1. The Balaban J connectivity index is 2.16. The molecule has 2 aliphatic heterocycles. The highest BCUT2D eigenvalue weighted by Crippen LogP contribution is 2.43. The number of fused-ring (bicyclic) bond motifs is 2. The van der Waals surface area contributed by atoms with Crippen molar-refractivity contribution in [2.24, 2.45) is 0 Å². The summed E-state index contributed by atoms with van der Waals surface area (Å²) in [7, 11) is -2.19. The van der Waals surface area contributed by atoms with Gasteiger partial charge in [0.05, 0.1) is 18.6 Å². The first-order valence-corrected chi connectivity index (χ1v) is 7.81. The molecule has 0 spiro atoms. The van der Waals surface area contributed by atoms with E-state index in [0.717, 1.165) is 0 Å². The van der Waals surface area contributed by atoms with Gasteiger partial charge in [-0.1, -0.05) is 18.2 Å². The average molecular weight is 296 g/mol. The van der Waals surface area contributed by atoms with Crippen LogP contribution in [0.1, 0.15) is 6.92 Å². The van der Waals surface area contributed by atoms with Crippen molar-refractivity contribution in [1.82, 2.24) is 0 Å². The van der Waals surface area contributed by atoms with Crippen LogP contribution in [-0.4, -0.2) is 39.3 Å². The number of rotatable bonds is 3. The number of hydrogen-bond acceptors (Lipinski definition) is 5. The van der Waals surface area contributed by atoms with Crippen LogP contribution in [0.4, 0.5) is 0 Å². The molecule has 0 saturated carbocycles. The van der Waals surface area contributed by atoms with Crippen molar-refractivity contribution in [2.75, 3.05) is 13.7 Å². The Kier molecular flexibility index (Phi) is 3.12. The predicted octanol–water partition coefficient (Wildman–Crippen LogP) is 1.50. The van der Waals surface area contributed by atoms with Gasteiger partial charge in [0.15, 0.2) is 20.9 Å². The molecule has 5 nitrogen and oxygen atoms in total. The molecule has 2 aliphatic rings. The normalized spacial score (nSPS) is 32.8. The molecule has 3 atom stereocenters. The zero-order chi connectivity index (χ0) is 14.4. The van der Waals surface area contributed by atoms with Gasteiger partial charge in [0.1, 0.15) is 11.9 Å². The van der Waals surface area contributed by atoms with Crippen LogP contribution in [-0.2, 0) is 24.0 Å². The summed E-state index contributed by atoms with van der Waals surface area (Å²) >= 11 is 0. The molecule has 1 fully saturated rings. The van der Waals surface area contributed by atoms with Crippen LogP contribution in [0.25, 0.3) is 0 Å². The molecule has 1 saturated heterocycles. The van der Waals surface area contributed by atoms with Crippen LogP contribution in [0.15, 0.2) is 47.1 Å². The second-order valence-corrected chi connectivity index (χ2v) is 7.31. The predicted molar refractivity (Wildman–Crippen MR) is 71.7 cm³/mol. The summed E-state index contributed by atoms with van der Waals surface area (Å²) in [6, 6.07) is 8.33. The first-order valence-electron chi connectivity index (χ1n) is 6.33. The zero-order valence-corrected chi connectivity index (χ0v) is 12.1. The molecule has 0 radical (unpaired) electrons. The average Bonchev–Trinajstić information content (AvgIpc) is 2.88. The van der Waals surface area contributed by atoms with Crippen LogP contribution < -0.4 is 0 Å². The maximum atomic E-state index is 13.0. The number of benzene rings is 1. The Morgan fingerprint density at radius 3 is 2.65 bits per heavy atom. The monoisotopic (exact) mass is 296 g/mol. The summed E-state index contributed by atoms with van der Waals surface area (Å²) in [5, 5.41) is 0. The van der Waals surface area contributed by atoms with Crippen molar-refractivity contribution in [3.63, 3.8) is 0 Å². The molecule has 0 aromatic heterocycles. The quantitative estimate of drug-likeness (QED) is 0.846. The molecule has 0 aliphatic carbocycles. The molecular formula is C14H16O5S. The van der Waals surface area contributed by atoms with E-state index >= 15 is 0 Å². The van der Waals surface area contributed by atoms with Gasteiger partial charge in [-0.3, -0.25) is 0 Å². The van der Waals surface area contributed by atoms with E-state index in [2.05, 4.69) is 0 Å². The Labute approximate surface area is 118 Å². The SMILES string of the molecule is COC1=C[C@@H]2OC[C@@H](O2)[C@@]1(C)S(=O)(=O)c1ccccc1. The van der Waals surface area contributed by atoms with Gasteiger partial charge in [-0.05, 0) is 19.1 Å². The zero-order valence-electron chi connectivity index (χ0n) is 11.3. The molecule has 20 heavy (non-hydrogen) atoms. The molecule has 1 aromatic rings. The van der Waals surface area contributed by atoms with Crippen molar-refractivity contribution < 1.29 is 22.6 Å². The van der Waals surface area contributed by atoms with Crippen LogP contribution in [0.5, 0.6) is 0 Å². The van der Waals surface area contributed by atoms with Gasteiger partial charge in [-0.2, -0.15) is 0 Å². The van der Waals surface area contributed by atoms with E-state index in [1.165, 1.54) is 7.11 Å². The van der Waals surface area contributed by atoms with Crippen molar-refractivity contribution in [3.8, 4) is 0 Å². The van der Waals surface area contributed by atoms with Crippen molar-refractivity contribution >= 4 is 9.84 Å². The number of hydrogen-bond donors (Lipinski definition) is 0. The lowest BCUT2D eigenvalue weighted by atomic mass is 10.00. The molecule has 6 heteroatoms. The van der Waals surface area contributed by atoms with Gasteiger partial charge in [0.2, 0.25) is 0 Å².